The fraction of sp³-hybridized carbons (Fsp3) is 0.250. The summed E-state index contributed by atoms with van der Waals surface area (Å²) in [6, 6.07) is 11.9. The fourth-order valence-electron chi connectivity index (χ4n) is 2.20. The first-order valence-electron chi connectivity index (χ1n) is 6.48. The number of ether oxygens (including phenoxy) is 1. The summed E-state index contributed by atoms with van der Waals surface area (Å²) in [7, 11) is 1.58. The maximum absolute atomic E-state index is 13.6. The molecule has 2 aromatic carbocycles. The van der Waals surface area contributed by atoms with Crippen LogP contribution in [0.5, 0.6) is 5.75 Å². The van der Waals surface area contributed by atoms with Crippen LogP contribution in [0.25, 0.3) is 0 Å². The van der Waals surface area contributed by atoms with E-state index in [1.54, 1.807) is 13.2 Å². The lowest BCUT2D eigenvalue weighted by molar-refractivity contribution is 0.402. The molecule has 0 heterocycles. The second kappa shape index (κ2) is 6.73. The summed E-state index contributed by atoms with van der Waals surface area (Å²) in [5, 5.41) is 4.02. The van der Waals surface area contributed by atoms with Gasteiger partial charge in [-0.15, -0.1) is 0 Å². The van der Waals surface area contributed by atoms with E-state index >= 15 is 0 Å². The standard InChI is InChI=1S/C16H17ClFNO/c1-3-19-16(11-4-6-12(17)7-5-11)14-10-13(18)8-9-15(14)20-2/h4-10,16,19H,3H2,1-2H3. The van der Waals surface area contributed by atoms with E-state index in [2.05, 4.69) is 5.32 Å². The van der Waals surface area contributed by atoms with Crippen LogP contribution in [-0.2, 0) is 0 Å². The van der Waals surface area contributed by atoms with Gasteiger partial charge in [-0.3, -0.25) is 0 Å². The Bertz CT molecular complexity index is 571. The first kappa shape index (κ1) is 14.8. The van der Waals surface area contributed by atoms with E-state index in [0.29, 0.717) is 10.8 Å². The lowest BCUT2D eigenvalue weighted by atomic mass is 9.97. The second-order valence-electron chi connectivity index (χ2n) is 4.43. The Balaban J connectivity index is 2.47. The van der Waals surface area contributed by atoms with Crippen molar-refractivity contribution in [1.29, 1.82) is 0 Å². The van der Waals surface area contributed by atoms with Crippen LogP contribution in [0.1, 0.15) is 24.1 Å². The molecule has 20 heavy (non-hydrogen) atoms. The van der Waals surface area contributed by atoms with Crippen molar-refractivity contribution >= 4 is 11.6 Å². The maximum atomic E-state index is 13.6. The van der Waals surface area contributed by atoms with Gasteiger partial charge in [-0.25, -0.2) is 4.39 Å². The molecule has 0 amide bonds. The number of hydrogen-bond donors (Lipinski definition) is 1. The second-order valence-corrected chi connectivity index (χ2v) is 4.86. The van der Waals surface area contributed by atoms with Crippen LogP contribution in [-0.4, -0.2) is 13.7 Å². The van der Waals surface area contributed by atoms with Crippen molar-refractivity contribution in [1.82, 2.24) is 5.32 Å². The highest BCUT2D eigenvalue weighted by Gasteiger charge is 2.18. The van der Waals surface area contributed by atoms with E-state index in [4.69, 9.17) is 16.3 Å². The van der Waals surface area contributed by atoms with Gasteiger partial charge in [0.05, 0.1) is 13.2 Å². The van der Waals surface area contributed by atoms with Gasteiger partial charge in [0.25, 0.3) is 0 Å². The first-order valence-corrected chi connectivity index (χ1v) is 6.85. The summed E-state index contributed by atoms with van der Waals surface area (Å²) >= 11 is 5.92. The molecule has 1 atom stereocenters. The van der Waals surface area contributed by atoms with Crippen LogP contribution in [0.15, 0.2) is 42.5 Å². The molecule has 0 bridgehead atoms. The van der Waals surface area contributed by atoms with Crippen molar-refractivity contribution in [2.24, 2.45) is 0 Å². The molecule has 0 aliphatic carbocycles. The Labute approximate surface area is 123 Å². The average Bonchev–Trinajstić information content (AvgIpc) is 2.46. The number of methoxy groups -OCH3 is 1. The SMILES string of the molecule is CCNC(c1ccc(Cl)cc1)c1cc(F)ccc1OC. The zero-order valence-electron chi connectivity index (χ0n) is 11.5. The van der Waals surface area contributed by atoms with E-state index in [1.807, 2.05) is 31.2 Å². The lowest BCUT2D eigenvalue weighted by Crippen LogP contribution is -2.22. The van der Waals surface area contributed by atoms with Crippen LogP contribution in [0, 0.1) is 5.82 Å². The minimum absolute atomic E-state index is 0.136. The molecule has 1 N–H and O–H groups in total. The zero-order chi connectivity index (χ0) is 14.5. The molecular weight excluding hydrogens is 277 g/mol. The van der Waals surface area contributed by atoms with E-state index in [0.717, 1.165) is 17.7 Å². The minimum Gasteiger partial charge on any atom is -0.496 e. The van der Waals surface area contributed by atoms with Crippen molar-refractivity contribution in [3.63, 3.8) is 0 Å². The Hall–Kier alpha value is -1.58. The summed E-state index contributed by atoms with van der Waals surface area (Å²) in [5.74, 6) is 0.380. The Morgan fingerprint density at radius 3 is 2.50 bits per heavy atom. The summed E-state index contributed by atoms with van der Waals surface area (Å²) in [5.41, 5.74) is 1.79. The van der Waals surface area contributed by atoms with Crippen LogP contribution < -0.4 is 10.1 Å². The third-order valence-electron chi connectivity index (χ3n) is 3.11. The Kier molecular flexibility index (Phi) is 4.99. The number of benzene rings is 2. The molecule has 0 fully saturated rings. The summed E-state index contributed by atoms with van der Waals surface area (Å²) in [6.07, 6.45) is 0. The summed E-state index contributed by atoms with van der Waals surface area (Å²) in [4.78, 5) is 0. The van der Waals surface area contributed by atoms with Gasteiger partial charge in [-0.1, -0.05) is 30.7 Å². The smallest absolute Gasteiger partial charge is 0.124 e. The molecule has 4 heteroatoms. The molecule has 0 radical (unpaired) electrons. The van der Waals surface area contributed by atoms with Crippen molar-refractivity contribution < 1.29 is 9.13 Å². The third-order valence-corrected chi connectivity index (χ3v) is 3.37. The average molecular weight is 294 g/mol. The van der Waals surface area contributed by atoms with Crippen LogP contribution >= 0.6 is 11.6 Å². The van der Waals surface area contributed by atoms with Gasteiger partial charge in [0.1, 0.15) is 11.6 Å². The number of rotatable bonds is 5. The van der Waals surface area contributed by atoms with Gasteiger partial charge in [-0.05, 0) is 42.4 Å². The molecule has 0 saturated carbocycles. The molecular formula is C16H17ClFNO. The van der Waals surface area contributed by atoms with Crippen LogP contribution in [0.4, 0.5) is 4.39 Å². The van der Waals surface area contributed by atoms with E-state index < -0.39 is 0 Å². The Morgan fingerprint density at radius 2 is 1.90 bits per heavy atom. The molecule has 106 valence electrons. The van der Waals surface area contributed by atoms with Gasteiger partial charge < -0.3 is 10.1 Å². The maximum Gasteiger partial charge on any atom is 0.124 e. The highest BCUT2D eigenvalue weighted by atomic mass is 35.5. The van der Waals surface area contributed by atoms with Gasteiger partial charge >= 0.3 is 0 Å². The quantitative estimate of drug-likeness (QED) is 0.892. The van der Waals surface area contributed by atoms with Gasteiger partial charge in [0, 0.05) is 10.6 Å². The minimum atomic E-state index is -0.280. The largest absolute Gasteiger partial charge is 0.496 e. The zero-order valence-corrected chi connectivity index (χ0v) is 12.2. The van der Waals surface area contributed by atoms with Gasteiger partial charge in [0.2, 0.25) is 0 Å². The van der Waals surface area contributed by atoms with Crippen LogP contribution in [0.3, 0.4) is 0 Å². The summed E-state index contributed by atoms with van der Waals surface area (Å²) < 4.78 is 18.9. The lowest BCUT2D eigenvalue weighted by Gasteiger charge is -2.21. The molecule has 0 aliphatic heterocycles. The molecule has 2 rings (SSSR count). The molecule has 0 aliphatic rings. The van der Waals surface area contributed by atoms with Gasteiger partial charge in [-0.2, -0.15) is 0 Å². The van der Waals surface area contributed by atoms with E-state index in [-0.39, 0.29) is 11.9 Å². The molecule has 1 unspecified atom stereocenters. The normalized spacial score (nSPS) is 12.2. The number of hydrogen-bond acceptors (Lipinski definition) is 2. The first-order chi connectivity index (χ1) is 9.65. The predicted molar refractivity (Wildman–Crippen MR) is 79.9 cm³/mol. The van der Waals surface area contributed by atoms with Crippen molar-refractivity contribution in [3.05, 3.63) is 64.4 Å². The van der Waals surface area contributed by atoms with Crippen LogP contribution in [0.2, 0.25) is 5.02 Å². The highest BCUT2D eigenvalue weighted by molar-refractivity contribution is 6.30. The fourth-order valence-corrected chi connectivity index (χ4v) is 2.32. The predicted octanol–water partition coefficient (Wildman–Crippen LogP) is 4.19. The molecule has 0 saturated heterocycles. The third kappa shape index (κ3) is 3.30. The van der Waals surface area contributed by atoms with E-state index in [9.17, 15) is 4.39 Å². The Morgan fingerprint density at radius 1 is 1.20 bits per heavy atom. The molecule has 0 aromatic heterocycles. The topological polar surface area (TPSA) is 21.3 Å². The highest BCUT2D eigenvalue weighted by Crippen LogP contribution is 2.31. The molecule has 2 aromatic rings. The van der Waals surface area contributed by atoms with Crippen molar-refractivity contribution in [2.75, 3.05) is 13.7 Å². The molecule has 0 spiro atoms. The number of nitrogens with one attached hydrogen (secondary N) is 1. The molecule has 2 nitrogen and oxygen atoms in total. The summed E-state index contributed by atoms with van der Waals surface area (Å²) in [6.45, 7) is 2.77. The number of halogens is 2. The monoisotopic (exact) mass is 293 g/mol. The van der Waals surface area contributed by atoms with Crippen molar-refractivity contribution in [3.8, 4) is 5.75 Å². The van der Waals surface area contributed by atoms with Gasteiger partial charge in [0.15, 0.2) is 0 Å². The van der Waals surface area contributed by atoms with E-state index in [1.165, 1.54) is 12.1 Å². The van der Waals surface area contributed by atoms with Crippen molar-refractivity contribution in [2.45, 2.75) is 13.0 Å².